The molecule has 0 aliphatic heterocycles. The number of benzene rings is 1. The van der Waals surface area contributed by atoms with Crippen molar-refractivity contribution >= 4 is 17.3 Å². The molecular formula is C14H18N4. The van der Waals surface area contributed by atoms with E-state index in [-0.39, 0.29) is 0 Å². The van der Waals surface area contributed by atoms with E-state index in [4.69, 9.17) is 0 Å². The average molecular weight is 242 g/mol. The van der Waals surface area contributed by atoms with Crippen molar-refractivity contribution in [2.45, 2.75) is 13.8 Å². The molecule has 0 saturated heterocycles. The van der Waals surface area contributed by atoms with Gasteiger partial charge in [0.1, 0.15) is 17.5 Å². The highest BCUT2D eigenvalue weighted by Crippen LogP contribution is 2.24. The summed E-state index contributed by atoms with van der Waals surface area (Å²) in [6.07, 6.45) is 0. The van der Waals surface area contributed by atoms with Gasteiger partial charge < -0.3 is 10.2 Å². The number of hydrogen-bond acceptors (Lipinski definition) is 4. The Kier molecular flexibility index (Phi) is 3.77. The molecule has 4 nitrogen and oxygen atoms in total. The van der Waals surface area contributed by atoms with E-state index in [1.54, 1.807) is 0 Å². The quantitative estimate of drug-likeness (QED) is 0.895. The summed E-state index contributed by atoms with van der Waals surface area (Å²) in [5, 5.41) is 3.06. The fourth-order valence-corrected chi connectivity index (χ4v) is 1.90. The van der Waals surface area contributed by atoms with Crippen LogP contribution >= 0.6 is 0 Å². The Labute approximate surface area is 108 Å². The fourth-order valence-electron chi connectivity index (χ4n) is 1.90. The van der Waals surface area contributed by atoms with Crippen LogP contribution in [-0.2, 0) is 0 Å². The minimum absolute atomic E-state index is 0.770. The molecule has 1 N–H and O–H groups in total. The molecule has 0 aliphatic carbocycles. The van der Waals surface area contributed by atoms with Gasteiger partial charge in [0.15, 0.2) is 0 Å². The number of para-hydroxylation sites is 1. The van der Waals surface area contributed by atoms with Crippen LogP contribution < -0.4 is 10.2 Å². The van der Waals surface area contributed by atoms with E-state index in [0.717, 1.165) is 29.7 Å². The Morgan fingerprint density at radius 1 is 1.17 bits per heavy atom. The molecule has 4 heteroatoms. The van der Waals surface area contributed by atoms with Gasteiger partial charge in [0.25, 0.3) is 0 Å². The van der Waals surface area contributed by atoms with Gasteiger partial charge in [-0.1, -0.05) is 18.2 Å². The maximum absolute atomic E-state index is 4.50. The normalized spacial score (nSPS) is 10.2. The molecule has 2 aromatic rings. The average Bonchev–Trinajstić information content (AvgIpc) is 2.40. The zero-order valence-corrected chi connectivity index (χ0v) is 11.0. The Morgan fingerprint density at radius 2 is 1.89 bits per heavy atom. The van der Waals surface area contributed by atoms with Crippen LogP contribution in [0.25, 0.3) is 0 Å². The van der Waals surface area contributed by atoms with Gasteiger partial charge in [-0.05, 0) is 26.0 Å². The van der Waals surface area contributed by atoms with Crippen LogP contribution in [-0.4, -0.2) is 23.6 Å². The topological polar surface area (TPSA) is 41.0 Å². The summed E-state index contributed by atoms with van der Waals surface area (Å²) in [6, 6.07) is 12.2. The van der Waals surface area contributed by atoms with E-state index >= 15 is 0 Å². The summed E-state index contributed by atoms with van der Waals surface area (Å²) >= 11 is 0. The lowest BCUT2D eigenvalue weighted by atomic mass is 10.3. The third-order valence-electron chi connectivity index (χ3n) is 2.74. The van der Waals surface area contributed by atoms with Crippen LogP contribution in [0.1, 0.15) is 12.7 Å². The molecule has 0 spiro atoms. The first kappa shape index (κ1) is 12.4. The summed E-state index contributed by atoms with van der Waals surface area (Å²) in [5.74, 6) is 2.53. The van der Waals surface area contributed by atoms with Gasteiger partial charge in [-0.3, -0.25) is 0 Å². The van der Waals surface area contributed by atoms with E-state index in [9.17, 15) is 0 Å². The van der Waals surface area contributed by atoms with Crippen molar-refractivity contribution < 1.29 is 0 Å². The van der Waals surface area contributed by atoms with Crippen LogP contribution in [0.3, 0.4) is 0 Å². The van der Waals surface area contributed by atoms with Crippen LogP contribution in [0, 0.1) is 6.92 Å². The Balaban J connectivity index is 2.42. The zero-order chi connectivity index (χ0) is 13.0. The minimum Gasteiger partial charge on any atom is -0.373 e. The lowest BCUT2D eigenvalue weighted by molar-refractivity contribution is 0.952. The van der Waals surface area contributed by atoms with Gasteiger partial charge in [0, 0.05) is 25.3 Å². The van der Waals surface area contributed by atoms with Gasteiger partial charge in [0.05, 0.1) is 0 Å². The van der Waals surface area contributed by atoms with E-state index in [1.807, 2.05) is 38.2 Å². The molecule has 0 unspecified atom stereocenters. The molecule has 0 saturated carbocycles. The molecule has 94 valence electrons. The number of nitrogens with zero attached hydrogens (tertiary/aromatic N) is 3. The van der Waals surface area contributed by atoms with Crippen molar-refractivity contribution in [3.63, 3.8) is 0 Å². The first-order valence-corrected chi connectivity index (χ1v) is 6.10. The summed E-state index contributed by atoms with van der Waals surface area (Å²) in [4.78, 5) is 11.0. The fraction of sp³-hybridized carbons (Fsp3) is 0.286. The smallest absolute Gasteiger partial charge is 0.138 e. The third-order valence-corrected chi connectivity index (χ3v) is 2.74. The molecule has 1 heterocycles. The van der Waals surface area contributed by atoms with Crippen molar-refractivity contribution in [1.82, 2.24) is 9.97 Å². The lowest BCUT2D eigenvalue weighted by Crippen LogP contribution is -2.18. The van der Waals surface area contributed by atoms with Crippen LogP contribution in [0.4, 0.5) is 17.3 Å². The Morgan fingerprint density at radius 3 is 2.50 bits per heavy atom. The Hall–Kier alpha value is -2.10. The molecule has 0 bridgehead atoms. The number of aromatic nitrogens is 2. The second-order valence-corrected chi connectivity index (χ2v) is 3.99. The second kappa shape index (κ2) is 5.49. The van der Waals surface area contributed by atoms with Gasteiger partial charge in [-0.15, -0.1) is 0 Å². The largest absolute Gasteiger partial charge is 0.373 e. The molecule has 18 heavy (non-hydrogen) atoms. The SMILES string of the molecule is CCN(c1ccccc1)c1cc(NC)nc(C)n1. The van der Waals surface area contributed by atoms with Crippen molar-refractivity contribution in [2.24, 2.45) is 0 Å². The van der Waals surface area contributed by atoms with E-state index in [0.29, 0.717) is 0 Å². The number of nitrogens with one attached hydrogen (secondary N) is 1. The van der Waals surface area contributed by atoms with Crippen molar-refractivity contribution in [3.8, 4) is 0 Å². The lowest BCUT2D eigenvalue weighted by Gasteiger charge is -2.22. The third kappa shape index (κ3) is 2.59. The molecule has 0 atom stereocenters. The molecule has 0 amide bonds. The van der Waals surface area contributed by atoms with Crippen molar-refractivity contribution in [3.05, 3.63) is 42.2 Å². The maximum Gasteiger partial charge on any atom is 0.138 e. The molecule has 0 fully saturated rings. The first-order valence-electron chi connectivity index (χ1n) is 6.10. The monoisotopic (exact) mass is 242 g/mol. The van der Waals surface area contributed by atoms with E-state index in [2.05, 4.69) is 39.2 Å². The summed E-state index contributed by atoms with van der Waals surface area (Å²) in [7, 11) is 1.87. The molecule has 1 aromatic carbocycles. The predicted octanol–water partition coefficient (Wildman–Crippen LogP) is 2.98. The highest BCUT2D eigenvalue weighted by molar-refractivity contribution is 5.62. The maximum atomic E-state index is 4.50. The van der Waals surface area contributed by atoms with Crippen LogP contribution in [0.5, 0.6) is 0 Å². The molecule has 0 radical (unpaired) electrons. The van der Waals surface area contributed by atoms with Gasteiger partial charge in [0.2, 0.25) is 0 Å². The van der Waals surface area contributed by atoms with Gasteiger partial charge in [-0.2, -0.15) is 0 Å². The van der Waals surface area contributed by atoms with Crippen molar-refractivity contribution in [2.75, 3.05) is 23.8 Å². The van der Waals surface area contributed by atoms with Crippen molar-refractivity contribution in [1.29, 1.82) is 0 Å². The number of aryl methyl sites for hydroxylation is 1. The highest BCUT2D eigenvalue weighted by atomic mass is 15.2. The molecular weight excluding hydrogens is 224 g/mol. The molecule has 2 rings (SSSR count). The minimum atomic E-state index is 0.770. The number of anilines is 3. The molecule has 0 aliphatic rings. The zero-order valence-electron chi connectivity index (χ0n) is 11.0. The van der Waals surface area contributed by atoms with Gasteiger partial charge in [-0.25, -0.2) is 9.97 Å². The van der Waals surface area contributed by atoms with Crippen LogP contribution in [0.2, 0.25) is 0 Å². The summed E-state index contributed by atoms with van der Waals surface area (Å²) < 4.78 is 0. The summed E-state index contributed by atoms with van der Waals surface area (Å²) in [6.45, 7) is 4.89. The Bertz CT molecular complexity index is 510. The van der Waals surface area contributed by atoms with Crippen LogP contribution in [0.15, 0.2) is 36.4 Å². The first-order chi connectivity index (χ1) is 8.74. The highest BCUT2D eigenvalue weighted by Gasteiger charge is 2.10. The number of hydrogen-bond donors (Lipinski definition) is 1. The van der Waals surface area contributed by atoms with Gasteiger partial charge >= 0.3 is 0 Å². The molecule has 1 aromatic heterocycles. The predicted molar refractivity (Wildman–Crippen MR) is 75.4 cm³/mol. The van der Waals surface area contributed by atoms with E-state index in [1.165, 1.54) is 0 Å². The summed E-state index contributed by atoms with van der Waals surface area (Å²) in [5.41, 5.74) is 1.14. The number of rotatable bonds is 4. The second-order valence-electron chi connectivity index (χ2n) is 3.99. The standard InChI is InChI=1S/C14H18N4/c1-4-18(12-8-6-5-7-9-12)14-10-13(15-3)16-11(2)17-14/h5-10H,4H2,1-3H3,(H,15,16,17). The van der Waals surface area contributed by atoms with E-state index < -0.39 is 0 Å².